The molecule has 6 heteroatoms. The molecular formula is C18H14N4O2. The van der Waals surface area contributed by atoms with E-state index in [2.05, 4.69) is 10.2 Å². The lowest BCUT2D eigenvalue weighted by molar-refractivity contribution is 0.557. The van der Waals surface area contributed by atoms with Crippen LogP contribution in [0.4, 0.5) is 0 Å². The van der Waals surface area contributed by atoms with Gasteiger partial charge in [-0.05, 0) is 30.3 Å². The van der Waals surface area contributed by atoms with E-state index >= 15 is 0 Å². The van der Waals surface area contributed by atoms with E-state index in [0.29, 0.717) is 12.2 Å². The Bertz CT molecular complexity index is 1000. The van der Waals surface area contributed by atoms with Gasteiger partial charge in [-0.1, -0.05) is 18.2 Å². The molecule has 0 aliphatic rings. The smallest absolute Gasteiger partial charge is 0.267 e. The molecule has 0 aliphatic carbocycles. The van der Waals surface area contributed by atoms with Crippen LogP contribution in [0, 0.1) is 0 Å². The zero-order chi connectivity index (χ0) is 16.4. The Morgan fingerprint density at radius 1 is 1.00 bits per heavy atom. The van der Waals surface area contributed by atoms with Gasteiger partial charge in [-0.2, -0.15) is 10.2 Å². The maximum Gasteiger partial charge on any atom is 0.267 e. The summed E-state index contributed by atoms with van der Waals surface area (Å²) in [5, 5.41) is 8.84. The number of hydrogen-bond acceptors (Lipinski definition) is 4. The van der Waals surface area contributed by atoms with Crippen molar-refractivity contribution in [2.24, 2.45) is 0 Å². The number of rotatable bonds is 4. The fourth-order valence-corrected chi connectivity index (χ4v) is 2.53. The summed E-state index contributed by atoms with van der Waals surface area (Å²) >= 11 is 0. The zero-order valence-electron chi connectivity index (χ0n) is 12.7. The minimum Gasteiger partial charge on any atom is -0.472 e. The highest BCUT2D eigenvalue weighted by Gasteiger charge is 2.11. The van der Waals surface area contributed by atoms with Gasteiger partial charge in [0.1, 0.15) is 5.69 Å². The van der Waals surface area contributed by atoms with Gasteiger partial charge in [-0.3, -0.25) is 4.79 Å². The Morgan fingerprint density at radius 3 is 2.67 bits per heavy atom. The number of furan rings is 1. The van der Waals surface area contributed by atoms with Crippen LogP contribution in [-0.2, 0) is 6.54 Å². The van der Waals surface area contributed by atoms with Crippen LogP contribution in [0.5, 0.6) is 0 Å². The minimum absolute atomic E-state index is 0.161. The zero-order valence-corrected chi connectivity index (χ0v) is 12.7. The predicted octanol–water partition coefficient (Wildman–Crippen LogP) is 2.74. The summed E-state index contributed by atoms with van der Waals surface area (Å²) < 4.78 is 8.27. The van der Waals surface area contributed by atoms with E-state index < -0.39 is 0 Å². The Hall–Kier alpha value is -3.41. The topological polar surface area (TPSA) is 65.8 Å². The normalized spacial score (nSPS) is 10.8. The molecular weight excluding hydrogens is 304 g/mol. The second kappa shape index (κ2) is 6.00. The lowest BCUT2D eigenvalue weighted by atomic mass is 10.2. The van der Waals surface area contributed by atoms with E-state index in [0.717, 1.165) is 16.9 Å². The average Bonchev–Trinajstić information content (AvgIpc) is 3.29. The van der Waals surface area contributed by atoms with Gasteiger partial charge in [0, 0.05) is 11.6 Å². The average molecular weight is 318 g/mol. The fraction of sp³-hybridized carbons (Fsp3) is 0.0556. The predicted molar refractivity (Wildman–Crippen MR) is 88.9 cm³/mol. The molecule has 0 unspecified atom stereocenters. The number of para-hydroxylation sites is 1. The molecule has 0 N–H and O–H groups in total. The summed E-state index contributed by atoms with van der Waals surface area (Å²) in [5.74, 6) is 0. The standard InChI is InChI=1S/C18H14N4O2/c23-18-7-6-16(20-21(18)12-14-9-11-24-13-14)17-8-10-19-22(17)15-4-2-1-3-5-15/h1-11,13H,12H2. The molecule has 0 saturated carbocycles. The van der Waals surface area contributed by atoms with Gasteiger partial charge in [-0.25, -0.2) is 9.36 Å². The first-order valence-electron chi connectivity index (χ1n) is 7.50. The highest BCUT2D eigenvalue weighted by Crippen LogP contribution is 2.19. The highest BCUT2D eigenvalue weighted by atomic mass is 16.3. The monoisotopic (exact) mass is 318 g/mol. The number of hydrogen-bond donors (Lipinski definition) is 0. The number of benzene rings is 1. The molecule has 4 rings (SSSR count). The summed E-state index contributed by atoms with van der Waals surface area (Å²) in [4.78, 5) is 12.1. The Morgan fingerprint density at radius 2 is 1.88 bits per heavy atom. The molecule has 3 heterocycles. The molecule has 0 radical (unpaired) electrons. The molecule has 0 amide bonds. The second-order valence-electron chi connectivity index (χ2n) is 5.31. The molecule has 0 fully saturated rings. The van der Waals surface area contributed by atoms with E-state index in [1.807, 2.05) is 42.5 Å². The van der Waals surface area contributed by atoms with Crippen molar-refractivity contribution in [3.63, 3.8) is 0 Å². The summed E-state index contributed by atoms with van der Waals surface area (Å²) in [6.45, 7) is 0.364. The molecule has 0 saturated heterocycles. The molecule has 1 aromatic carbocycles. The lowest BCUT2D eigenvalue weighted by Gasteiger charge is -2.09. The number of aromatic nitrogens is 4. The third-order valence-electron chi connectivity index (χ3n) is 3.68. The lowest BCUT2D eigenvalue weighted by Crippen LogP contribution is -2.22. The van der Waals surface area contributed by atoms with Crippen molar-refractivity contribution in [1.29, 1.82) is 0 Å². The molecule has 6 nitrogen and oxygen atoms in total. The maximum absolute atomic E-state index is 12.1. The summed E-state index contributed by atoms with van der Waals surface area (Å²) in [5.41, 5.74) is 3.16. The molecule has 0 bridgehead atoms. The second-order valence-corrected chi connectivity index (χ2v) is 5.31. The van der Waals surface area contributed by atoms with Crippen LogP contribution in [0.25, 0.3) is 17.1 Å². The van der Waals surface area contributed by atoms with Crippen molar-refractivity contribution in [2.75, 3.05) is 0 Å². The van der Waals surface area contributed by atoms with Crippen molar-refractivity contribution in [3.05, 3.63) is 89.2 Å². The Kier molecular flexibility index (Phi) is 3.55. The van der Waals surface area contributed by atoms with Gasteiger partial charge >= 0.3 is 0 Å². The van der Waals surface area contributed by atoms with Crippen LogP contribution in [0.1, 0.15) is 5.56 Å². The van der Waals surface area contributed by atoms with Crippen molar-refractivity contribution in [2.45, 2.75) is 6.54 Å². The van der Waals surface area contributed by atoms with Crippen molar-refractivity contribution in [1.82, 2.24) is 19.6 Å². The van der Waals surface area contributed by atoms with E-state index in [9.17, 15) is 4.79 Å². The van der Waals surface area contributed by atoms with Crippen LogP contribution in [-0.4, -0.2) is 19.6 Å². The van der Waals surface area contributed by atoms with Gasteiger partial charge in [0.25, 0.3) is 5.56 Å². The largest absolute Gasteiger partial charge is 0.472 e. The Labute approximate surface area is 137 Å². The van der Waals surface area contributed by atoms with E-state index in [-0.39, 0.29) is 5.56 Å². The first-order chi connectivity index (χ1) is 11.8. The molecule has 118 valence electrons. The van der Waals surface area contributed by atoms with Gasteiger partial charge in [0.15, 0.2) is 0 Å². The van der Waals surface area contributed by atoms with Gasteiger partial charge in [-0.15, -0.1) is 0 Å². The SMILES string of the molecule is O=c1ccc(-c2ccnn2-c2ccccc2)nn1Cc1ccoc1. The molecule has 24 heavy (non-hydrogen) atoms. The first kappa shape index (κ1) is 14.2. The third kappa shape index (κ3) is 2.65. The van der Waals surface area contributed by atoms with Crippen molar-refractivity contribution >= 4 is 0 Å². The van der Waals surface area contributed by atoms with E-state index in [4.69, 9.17) is 4.42 Å². The summed E-state index contributed by atoms with van der Waals surface area (Å²) in [7, 11) is 0. The highest BCUT2D eigenvalue weighted by molar-refractivity contribution is 5.56. The van der Waals surface area contributed by atoms with Crippen LogP contribution >= 0.6 is 0 Å². The first-order valence-corrected chi connectivity index (χ1v) is 7.50. The molecule has 3 aromatic heterocycles. The van der Waals surface area contributed by atoms with Crippen molar-refractivity contribution < 1.29 is 4.42 Å². The van der Waals surface area contributed by atoms with Crippen LogP contribution in [0.2, 0.25) is 0 Å². The van der Waals surface area contributed by atoms with Gasteiger partial charge in [0.05, 0.1) is 36.6 Å². The van der Waals surface area contributed by atoms with Crippen LogP contribution in [0.3, 0.4) is 0 Å². The molecule has 4 aromatic rings. The number of nitrogens with zero attached hydrogens (tertiary/aromatic N) is 4. The minimum atomic E-state index is -0.161. The van der Waals surface area contributed by atoms with Gasteiger partial charge in [0.2, 0.25) is 0 Å². The van der Waals surface area contributed by atoms with E-state index in [1.165, 1.54) is 10.7 Å². The quantitative estimate of drug-likeness (QED) is 0.580. The maximum atomic E-state index is 12.1. The van der Waals surface area contributed by atoms with Gasteiger partial charge < -0.3 is 4.42 Å². The molecule has 0 spiro atoms. The molecule has 0 atom stereocenters. The fourth-order valence-electron chi connectivity index (χ4n) is 2.53. The summed E-state index contributed by atoms with van der Waals surface area (Å²) in [6.07, 6.45) is 4.90. The van der Waals surface area contributed by atoms with E-state index in [1.54, 1.807) is 29.5 Å². The Balaban J connectivity index is 1.76. The van der Waals surface area contributed by atoms with Crippen molar-refractivity contribution in [3.8, 4) is 17.1 Å². The summed E-state index contributed by atoms with van der Waals surface area (Å²) in [6, 6.07) is 16.7. The van der Waals surface area contributed by atoms with Crippen LogP contribution in [0.15, 0.2) is 82.5 Å². The third-order valence-corrected chi connectivity index (χ3v) is 3.68. The van der Waals surface area contributed by atoms with Crippen LogP contribution < -0.4 is 5.56 Å². The molecule has 0 aliphatic heterocycles.